The van der Waals surface area contributed by atoms with E-state index in [0.717, 1.165) is 25.8 Å². The maximum atomic E-state index is 11.3. The highest BCUT2D eigenvalue weighted by Crippen LogP contribution is 2.14. The molecular weight excluding hydrogens is 164 g/mol. The lowest BCUT2D eigenvalue weighted by Gasteiger charge is -2.15. The van der Waals surface area contributed by atoms with Crippen LogP contribution >= 0.6 is 0 Å². The SMILES string of the molecule is CCC(CCN)CCC(=O)N(C)C. The summed E-state index contributed by atoms with van der Waals surface area (Å²) in [5.41, 5.74) is 5.48. The van der Waals surface area contributed by atoms with Crippen molar-refractivity contribution in [3.63, 3.8) is 0 Å². The van der Waals surface area contributed by atoms with Gasteiger partial charge < -0.3 is 10.6 Å². The molecule has 1 atom stereocenters. The van der Waals surface area contributed by atoms with Crippen molar-refractivity contribution < 1.29 is 4.79 Å². The summed E-state index contributed by atoms with van der Waals surface area (Å²) in [6.07, 6.45) is 3.80. The van der Waals surface area contributed by atoms with E-state index in [1.54, 1.807) is 19.0 Å². The zero-order valence-electron chi connectivity index (χ0n) is 9.05. The Morgan fingerprint density at radius 3 is 2.38 bits per heavy atom. The quantitative estimate of drug-likeness (QED) is 0.678. The summed E-state index contributed by atoms with van der Waals surface area (Å²) in [6, 6.07) is 0. The molecule has 0 aromatic rings. The molecule has 0 heterocycles. The van der Waals surface area contributed by atoms with Gasteiger partial charge in [-0.2, -0.15) is 0 Å². The van der Waals surface area contributed by atoms with Gasteiger partial charge in [-0.1, -0.05) is 13.3 Å². The van der Waals surface area contributed by atoms with Crippen molar-refractivity contribution in [2.45, 2.75) is 32.6 Å². The number of carbonyl (C=O) groups is 1. The molecule has 2 N–H and O–H groups in total. The molecule has 1 amide bonds. The first-order valence-electron chi connectivity index (χ1n) is 5.02. The maximum absolute atomic E-state index is 11.3. The largest absolute Gasteiger partial charge is 0.349 e. The summed E-state index contributed by atoms with van der Waals surface area (Å²) in [6.45, 7) is 2.88. The first-order chi connectivity index (χ1) is 6.11. The summed E-state index contributed by atoms with van der Waals surface area (Å²) in [4.78, 5) is 12.9. The fourth-order valence-corrected chi connectivity index (χ4v) is 1.34. The number of carbonyl (C=O) groups excluding carboxylic acids is 1. The van der Waals surface area contributed by atoms with E-state index in [1.807, 2.05) is 0 Å². The van der Waals surface area contributed by atoms with Crippen LogP contribution in [0.15, 0.2) is 0 Å². The van der Waals surface area contributed by atoms with Crippen molar-refractivity contribution in [3.05, 3.63) is 0 Å². The minimum Gasteiger partial charge on any atom is -0.349 e. The highest BCUT2D eigenvalue weighted by atomic mass is 16.2. The van der Waals surface area contributed by atoms with Gasteiger partial charge in [-0.3, -0.25) is 4.79 Å². The van der Waals surface area contributed by atoms with Crippen LogP contribution in [0.3, 0.4) is 0 Å². The zero-order valence-corrected chi connectivity index (χ0v) is 9.05. The Labute approximate surface area is 81.3 Å². The van der Waals surface area contributed by atoms with Crippen molar-refractivity contribution in [1.82, 2.24) is 4.90 Å². The number of hydrogen-bond donors (Lipinski definition) is 1. The van der Waals surface area contributed by atoms with Crippen LogP contribution in [0, 0.1) is 5.92 Å². The van der Waals surface area contributed by atoms with Crippen molar-refractivity contribution in [2.24, 2.45) is 11.7 Å². The van der Waals surface area contributed by atoms with Crippen LogP contribution in [0.4, 0.5) is 0 Å². The first-order valence-corrected chi connectivity index (χ1v) is 5.02. The van der Waals surface area contributed by atoms with Crippen molar-refractivity contribution in [1.29, 1.82) is 0 Å². The zero-order chi connectivity index (χ0) is 10.3. The average Bonchev–Trinajstić information content (AvgIpc) is 2.11. The second-order valence-corrected chi connectivity index (χ2v) is 3.68. The Morgan fingerprint density at radius 2 is 2.00 bits per heavy atom. The third-order valence-electron chi connectivity index (χ3n) is 2.42. The Hall–Kier alpha value is -0.570. The highest BCUT2D eigenvalue weighted by molar-refractivity contribution is 5.75. The van der Waals surface area contributed by atoms with Gasteiger partial charge in [-0.05, 0) is 25.3 Å². The standard InChI is InChI=1S/C10H22N2O/c1-4-9(7-8-11)5-6-10(13)12(2)3/h9H,4-8,11H2,1-3H3. The fourth-order valence-electron chi connectivity index (χ4n) is 1.34. The molecule has 0 rings (SSSR count). The number of rotatable bonds is 6. The lowest BCUT2D eigenvalue weighted by atomic mass is 9.96. The van der Waals surface area contributed by atoms with Gasteiger partial charge in [0.05, 0.1) is 0 Å². The lowest BCUT2D eigenvalue weighted by Crippen LogP contribution is -2.22. The van der Waals surface area contributed by atoms with Crippen molar-refractivity contribution >= 4 is 5.91 Å². The molecule has 13 heavy (non-hydrogen) atoms. The molecule has 1 unspecified atom stereocenters. The number of nitrogens with two attached hydrogens (primary N) is 1. The van der Waals surface area contributed by atoms with Gasteiger partial charge in [0.2, 0.25) is 5.91 Å². The minimum atomic E-state index is 0.218. The number of hydrogen-bond acceptors (Lipinski definition) is 2. The predicted octanol–water partition coefficient (Wildman–Crippen LogP) is 1.23. The summed E-state index contributed by atoms with van der Waals surface area (Å²) in [5.74, 6) is 0.837. The van der Waals surface area contributed by atoms with E-state index in [1.165, 1.54) is 0 Å². The molecule has 0 spiro atoms. The normalized spacial score (nSPS) is 12.6. The minimum absolute atomic E-state index is 0.218. The molecule has 0 aromatic heterocycles. The Kier molecular flexibility index (Phi) is 6.59. The fraction of sp³-hybridized carbons (Fsp3) is 0.900. The highest BCUT2D eigenvalue weighted by Gasteiger charge is 2.09. The molecule has 0 aliphatic heterocycles. The third-order valence-corrected chi connectivity index (χ3v) is 2.42. The van der Waals surface area contributed by atoms with Gasteiger partial charge in [-0.15, -0.1) is 0 Å². The molecule has 0 fully saturated rings. The topological polar surface area (TPSA) is 46.3 Å². The van der Waals surface area contributed by atoms with E-state index in [0.29, 0.717) is 12.3 Å². The molecule has 78 valence electrons. The number of nitrogens with zero attached hydrogens (tertiary/aromatic N) is 1. The second kappa shape index (κ2) is 6.89. The molecular formula is C10H22N2O. The smallest absolute Gasteiger partial charge is 0.222 e. The van der Waals surface area contributed by atoms with Crippen LogP contribution in [0.25, 0.3) is 0 Å². The number of amides is 1. The summed E-state index contributed by atoms with van der Waals surface area (Å²) < 4.78 is 0. The van der Waals surface area contributed by atoms with E-state index in [9.17, 15) is 4.79 Å². The Morgan fingerprint density at radius 1 is 1.38 bits per heavy atom. The van der Waals surface area contributed by atoms with E-state index >= 15 is 0 Å². The molecule has 3 heteroatoms. The maximum Gasteiger partial charge on any atom is 0.222 e. The predicted molar refractivity (Wildman–Crippen MR) is 55.4 cm³/mol. The van der Waals surface area contributed by atoms with Crippen LogP contribution in [-0.2, 0) is 4.79 Å². The van der Waals surface area contributed by atoms with Crippen LogP contribution < -0.4 is 5.73 Å². The van der Waals surface area contributed by atoms with Gasteiger partial charge in [0.25, 0.3) is 0 Å². The average molecular weight is 186 g/mol. The lowest BCUT2D eigenvalue weighted by molar-refractivity contribution is -0.129. The van der Waals surface area contributed by atoms with Gasteiger partial charge in [0.15, 0.2) is 0 Å². The van der Waals surface area contributed by atoms with Crippen LogP contribution in [0.2, 0.25) is 0 Å². The Bertz CT molecular complexity index is 146. The molecule has 0 aliphatic carbocycles. The van der Waals surface area contributed by atoms with Crippen molar-refractivity contribution in [3.8, 4) is 0 Å². The second-order valence-electron chi connectivity index (χ2n) is 3.68. The summed E-state index contributed by atoms with van der Waals surface area (Å²) in [7, 11) is 3.60. The molecule has 0 bridgehead atoms. The van der Waals surface area contributed by atoms with E-state index in [2.05, 4.69) is 6.92 Å². The molecule has 3 nitrogen and oxygen atoms in total. The van der Waals surface area contributed by atoms with Crippen LogP contribution in [0.5, 0.6) is 0 Å². The van der Waals surface area contributed by atoms with Crippen LogP contribution in [-0.4, -0.2) is 31.4 Å². The summed E-state index contributed by atoms with van der Waals surface area (Å²) >= 11 is 0. The Balaban J connectivity index is 3.65. The van der Waals surface area contributed by atoms with Gasteiger partial charge in [0, 0.05) is 20.5 Å². The monoisotopic (exact) mass is 186 g/mol. The molecule has 0 radical (unpaired) electrons. The van der Waals surface area contributed by atoms with E-state index in [4.69, 9.17) is 5.73 Å². The molecule has 0 saturated carbocycles. The first kappa shape index (κ1) is 12.4. The van der Waals surface area contributed by atoms with Gasteiger partial charge in [-0.25, -0.2) is 0 Å². The summed E-state index contributed by atoms with van der Waals surface area (Å²) in [5, 5.41) is 0. The van der Waals surface area contributed by atoms with E-state index in [-0.39, 0.29) is 5.91 Å². The van der Waals surface area contributed by atoms with Gasteiger partial charge in [0.1, 0.15) is 0 Å². The van der Waals surface area contributed by atoms with E-state index < -0.39 is 0 Å². The molecule has 0 aromatic carbocycles. The molecule has 0 saturated heterocycles. The van der Waals surface area contributed by atoms with Gasteiger partial charge >= 0.3 is 0 Å². The third kappa shape index (κ3) is 5.64. The van der Waals surface area contributed by atoms with Crippen molar-refractivity contribution in [2.75, 3.05) is 20.6 Å². The van der Waals surface area contributed by atoms with Crippen LogP contribution in [0.1, 0.15) is 32.6 Å². The molecule has 0 aliphatic rings.